The second-order valence-electron chi connectivity index (χ2n) is 4.74. The van der Waals surface area contributed by atoms with Crippen LogP contribution < -0.4 is 5.32 Å². The molecule has 0 amide bonds. The number of nitrogens with one attached hydrogen (secondary N) is 1. The van der Waals surface area contributed by atoms with Crippen LogP contribution in [0.15, 0.2) is 24.3 Å². The molecule has 0 saturated carbocycles. The van der Waals surface area contributed by atoms with Crippen LogP contribution in [0.2, 0.25) is 0 Å². The Morgan fingerprint density at radius 2 is 1.45 bits per heavy atom. The van der Waals surface area contributed by atoms with E-state index in [9.17, 15) is 28.5 Å². The molecule has 0 radical (unpaired) electrons. The Morgan fingerprint density at radius 1 is 1.00 bits per heavy atom. The number of benzene rings is 1. The van der Waals surface area contributed by atoms with Crippen LogP contribution in [0.1, 0.15) is 24.1 Å². The van der Waals surface area contributed by atoms with Crippen molar-refractivity contribution in [3.8, 4) is 0 Å². The lowest BCUT2D eigenvalue weighted by atomic mass is 9.98. The maximum Gasteiger partial charge on any atom is 0.416 e. The van der Waals surface area contributed by atoms with Gasteiger partial charge in [-0.1, -0.05) is 12.1 Å². The van der Waals surface area contributed by atoms with Gasteiger partial charge in [-0.3, -0.25) is 5.32 Å². The summed E-state index contributed by atoms with van der Waals surface area (Å²) in [6.07, 6.45) is -4.39. The van der Waals surface area contributed by atoms with E-state index in [4.69, 9.17) is 0 Å². The zero-order chi connectivity index (χ0) is 15.4. The van der Waals surface area contributed by atoms with Gasteiger partial charge in [0.2, 0.25) is 0 Å². The average molecular weight is 293 g/mol. The maximum absolute atomic E-state index is 12.4. The molecule has 20 heavy (non-hydrogen) atoms. The second kappa shape index (κ2) is 6.53. The number of hydrogen-bond acceptors (Lipinski definition) is 4. The second-order valence-corrected chi connectivity index (χ2v) is 4.74. The molecule has 0 aromatic heterocycles. The molecular formula is C13H18F3NO3. The van der Waals surface area contributed by atoms with Gasteiger partial charge in [-0.15, -0.1) is 0 Å². The van der Waals surface area contributed by atoms with E-state index in [-0.39, 0.29) is 0 Å². The lowest BCUT2D eigenvalue weighted by Crippen LogP contribution is -2.55. The fourth-order valence-electron chi connectivity index (χ4n) is 1.79. The van der Waals surface area contributed by atoms with Crippen molar-refractivity contribution in [1.29, 1.82) is 0 Å². The summed E-state index contributed by atoms with van der Waals surface area (Å²) in [7, 11) is 0. The first kappa shape index (κ1) is 16.9. The van der Waals surface area contributed by atoms with Crippen molar-refractivity contribution < 1.29 is 28.5 Å². The summed E-state index contributed by atoms with van der Waals surface area (Å²) in [5.74, 6) is 0. The van der Waals surface area contributed by atoms with Gasteiger partial charge in [0.15, 0.2) is 0 Å². The Morgan fingerprint density at radius 3 is 1.80 bits per heavy atom. The van der Waals surface area contributed by atoms with Crippen molar-refractivity contribution in [2.24, 2.45) is 0 Å². The Labute approximate surface area is 114 Å². The van der Waals surface area contributed by atoms with Gasteiger partial charge in [0.05, 0.1) is 30.9 Å². The molecule has 114 valence electrons. The molecule has 1 rings (SSSR count). The quantitative estimate of drug-likeness (QED) is 0.633. The molecule has 1 unspecified atom stereocenters. The first-order chi connectivity index (χ1) is 9.28. The standard InChI is InChI=1S/C13H18F3NO3/c1-9(17-12(6-18,7-19)8-20)10-2-4-11(5-3-10)13(14,15)16/h2-5,9,17-20H,6-8H2,1H3. The van der Waals surface area contributed by atoms with Crippen LogP contribution in [0.25, 0.3) is 0 Å². The minimum absolute atomic E-state index is 0.441. The van der Waals surface area contributed by atoms with Crippen LogP contribution in [0.5, 0.6) is 0 Å². The van der Waals surface area contributed by atoms with Crippen molar-refractivity contribution in [1.82, 2.24) is 5.32 Å². The number of rotatable bonds is 6. The summed E-state index contributed by atoms with van der Waals surface area (Å²) in [5.41, 5.74) is -1.47. The molecule has 0 saturated heterocycles. The topological polar surface area (TPSA) is 72.7 Å². The molecule has 0 aliphatic heterocycles. The number of aliphatic hydroxyl groups is 3. The molecule has 0 spiro atoms. The first-order valence-corrected chi connectivity index (χ1v) is 6.05. The minimum atomic E-state index is -4.39. The number of aliphatic hydroxyl groups excluding tert-OH is 3. The predicted molar refractivity (Wildman–Crippen MR) is 67.0 cm³/mol. The van der Waals surface area contributed by atoms with Crippen molar-refractivity contribution in [2.75, 3.05) is 19.8 Å². The smallest absolute Gasteiger partial charge is 0.394 e. The highest BCUT2D eigenvalue weighted by molar-refractivity contribution is 5.26. The van der Waals surface area contributed by atoms with Crippen LogP contribution in [0.3, 0.4) is 0 Å². The van der Waals surface area contributed by atoms with E-state index in [1.54, 1.807) is 6.92 Å². The lowest BCUT2D eigenvalue weighted by molar-refractivity contribution is -0.137. The molecule has 4 N–H and O–H groups in total. The summed E-state index contributed by atoms with van der Waals surface area (Å²) < 4.78 is 37.3. The van der Waals surface area contributed by atoms with Crippen molar-refractivity contribution in [2.45, 2.75) is 24.7 Å². The van der Waals surface area contributed by atoms with E-state index in [1.165, 1.54) is 12.1 Å². The highest BCUT2D eigenvalue weighted by atomic mass is 19.4. The third-order valence-corrected chi connectivity index (χ3v) is 3.17. The van der Waals surface area contributed by atoms with E-state index < -0.39 is 43.1 Å². The van der Waals surface area contributed by atoms with Gasteiger partial charge in [-0.05, 0) is 24.6 Å². The number of halogens is 3. The van der Waals surface area contributed by atoms with Gasteiger partial charge >= 0.3 is 6.18 Å². The molecule has 1 atom stereocenters. The summed E-state index contributed by atoms with van der Waals surface area (Å²) >= 11 is 0. The van der Waals surface area contributed by atoms with Gasteiger partial charge in [-0.25, -0.2) is 0 Å². The maximum atomic E-state index is 12.4. The van der Waals surface area contributed by atoms with Crippen LogP contribution in [-0.2, 0) is 6.18 Å². The molecule has 0 bridgehead atoms. The predicted octanol–water partition coefficient (Wildman–Crippen LogP) is 1.07. The lowest BCUT2D eigenvalue weighted by Gasteiger charge is -2.32. The average Bonchev–Trinajstić information content (AvgIpc) is 2.44. The van der Waals surface area contributed by atoms with Gasteiger partial charge in [0.1, 0.15) is 0 Å². The van der Waals surface area contributed by atoms with E-state index in [1.807, 2.05) is 0 Å². The SMILES string of the molecule is CC(NC(CO)(CO)CO)c1ccc(C(F)(F)F)cc1. The van der Waals surface area contributed by atoms with E-state index in [0.29, 0.717) is 5.56 Å². The van der Waals surface area contributed by atoms with E-state index in [2.05, 4.69) is 5.32 Å². The summed E-state index contributed by atoms with van der Waals surface area (Å²) in [5, 5.41) is 30.4. The molecule has 1 aromatic carbocycles. The highest BCUT2D eigenvalue weighted by Gasteiger charge is 2.32. The zero-order valence-corrected chi connectivity index (χ0v) is 11.0. The van der Waals surface area contributed by atoms with Gasteiger partial charge in [-0.2, -0.15) is 13.2 Å². The molecule has 0 aliphatic carbocycles. The molecule has 0 heterocycles. The molecular weight excluding hydrogens is 275 g/mol. The fraction of sp³-hybridized carbons (Fsp3) is 0.538. The van der Waals surface area contributed by atoms with Crippen molar-refractivity contribution in [3.63, 3.8) is 0 Å². The molecule has 0 fully saturated rings. The van der Waals surface area contributed by atoms with E-state index in [0.717, 1.165) is 12.1 Å². The Bertz CT molecular complexity index is 408. The molecule has 4 nitrogen and oxygen atoms in total. The van der Waals surface area contributed by atoms with Crippen LogP contribution >= 0.6 is 0 Å². The first-order valence-electron chi connectivity index (χ1n) is 6.05. The van der Waals surface area contributed by atoms with Crippen molar-refractivity contribution in [3.05, 3.63) is 35.4 Å². The third kappa shape index (κ3) is 3.92. The Balaban J connectivity index is 2.85. The third-order valence-electron chi connectivity index (χ3n) is 3.17. The van der Waals surface area contributed by atoms with Crippen LogP contribution in [0, 0.1) is 0 Å². The minimum Gasteiger partial charge on any atom is -0.394 e. The summed E-state index contributed by atoms with van der Waals surface area (Å²) in [6.45, 7) is 0.180. The molecule has 7 heteroatoms. The Hall–Kier alpha value is -1.15. The van der Waals surface area contributed by atoms with Crippen LogP contribution in [0.4, 0.5) is 13.2 Å². The van der Waals surface area contributed by atoms with Gasteiger partial charge in [0, 0.05) is 6.04 Å². The Kier molecular flexibility index (Phi) is 5.52. The van der Waals surface area contributed by atoms with Gasteiger partial charge in [0.25, 0.3) is 0 Å². The largest absolute Gasteiger partial charge is 0.416 e. The number of alkyl halides is 3. The monoisotopic (exact) mass is 293 g/mol. The molecule has 0 aliphatic rings. The van der Waals surface area contributed by atoms with Crippen molar-refractivity contribution >= 4 is 0 Å². The fourth-order valence-corrected chi connectivity index (χ4v) is 1.79. The normalized spacial score (nSPS) is 14.3. The molecule has 1 aromatic rings. The summed E-state index contributed by atoms with van der Waals surface area (Å²) in [6, 6.07) is 4.12. The zero-order valence-electron chi connectivity index (χ0n) is 11.0. The number of hydrogen-bond donors (Lipinski definition) is 4. The van der Waals surface area contributed by atoms with Gasteiger partial charge < -0.3 is 15.3 Å². The van der Waals surface area contributed by atoms with Crippen LogP contribution in [-0.4, -0.2) is 40.7 Å². The summed E-state index contributed by atoms with van der Waals surface area (Å²) in [4.78, 5) is 0. The van der Waals surface area contributed by atoms with E-state index >= 15 is 0 Å². The highest BCUT2D eigenvalue weighted by Crippen LogP contribution is 2.30.